The first-order chi connectivity index (χ1) is 16.3. The van der Waals surface area contributed by atoms with Crippen molar-refractivity contribution in [2.45, 2.75) is 6.23 Å². The van der Waals surface area contributed by atoms with Crippen molar-refractivity contribution in [3.63, 3.8) is 0 Å². The van der Waals surface area contributed by atoms with E-state index in [0.717, 1.165) is 55.4 Å². The summed E-state index contributed by atoms with van der Waals surface area (Å²) in [5, 5.41) is 13.8. The molecule has 0 amide bonds. The Kier molecular flexibility index (Phi) is 3.84. The zero-order valence-corrected chi connectivity index (χ0v) is 17.8. The highest BCUT2D eigenvalue weighted by atomic mass is 16.3. The lowest BCUT2D eigenvalue weighted by Crippen LogP contribution is -2.16. The van der Waals surface area contributed by atoms with Crippen molar-refractivity contribution in [1.29, 1.82) is 0 Å². The summed E-state index contributed by atoms with van der Waals surface area (Å²) >= 11 is 0. The van der Waals surface area contributed by atoms with Gasteiger partial charge in [0.2, 0.25) is 0 Å². The second kappa shape index (κ2) is 6.89. The highest BCUT2D eigenvalue weighted by molar-refractivity contribution is 6.08. The van der Waals surface area contributed by atoms with E-state index in [1.54, 1.807) is 0 Å². The minimum atomic E-state index is -0.793. The molecule has 0 aliphatic carbocycles. The summed E-state index contributed by atoms with van der Waals surface area (Å²) in [5.41, 5.74) is 8.34. The van der Waals surface area contributed by atoms with Crippen LogP contribution in [0, 0.1) is 0 Å². The normalized spacial score (nSPS) is 14.5. The van der Waals surface area contributed by atoms with E-state index in [9.17, 15) is 5.11 Å². The molecule has 0 bridgehead atoms. The SMILES string of the molecule is OC1c2cccc3c(-c4ccccc4)ccc(c23)-c2nc3c(-c4ccccc4)cccc3n21. The number of aromatic nitrogens is 2. The molecule has 1 aromatic heterocycles. The topological polar surface area (TPSA) is 38.1 Å². The highest BCUT2D eigenvalue weighted by Crippen LogP contribution is 2.45. The van der Waals surface area contributed by atoms with Crippen LogP contribution in [0.15, 0.2) is 109 Å². The van der Waals surface area contributed by atoms with E-state index in [2.05, 4.69) is 60.7 Å². The fourth-order valence-electron chi connectivity index (χ4n) is 5.25. The molecular weight excluding hydrogens is 404 g/mol. The Morgan fingerprint density at radius 1 is 0.606 bits per heavy atom. The Morgan fingerprint density at radius 3 is 2.03 bits per heavy atom. The monoisotopic (exact) mass is 424 g/mol. The molecule has 1 aliphatic heterocycles. The van der Waals surface area contributed by atoms with E-state index < -0.39 is 6.23 Å². The van der Waals surface area contributed by atoms with Crippen molar-refractivity contribution in [2.75, 3.05) is 0 Å². The molecule has 156 valence electrons. The van der Waals surface area contributed by atoms with Crippen molar-refractivity contribution >= 4 is 21.8 Å². The molecule has 0 fully saturated rings. The summed E-state index contributed by atoms with van der Waals surface area (Å²) in [6, 6.07) is 37.5. The Bertz CT molecular complexity index is 1670. The fraction of sp³-hybridized carbons (Fsp3) is 0.0333. The second-order valence-corrected chi connectivity index (χ2v) is 8.51. The predicted octanol–water partition coefficient (Wildman–Crippen LogP) is 7.04. The van der Waals surface area contributed by atoms with Crippen LogP contribution >= 0.6 is 0 Å². The maximum atomic E-state index is 11.6. The molecule has 1 aliphatic rings. The van der Waals surface area contributed by atoms with Gasteiger partial charge in [-0.2, -0.15) is 0 Å². The van der Waals surface area contributed by atoms with E-state index in [1.807, 2.05) is 53.1 Å². The quantitative estimate of drug-likeness (QED) is 0.324. The van der Waals surface area contributed by atoms with E-state index in [4.69, 9.17) is 4.98 Å². The van der Waals surface area contributed by atoms with Crippen molar-refractivity contribution < 1.29 is 5.11 Å². The maximum absolute atomic E-state index is 11.6. The lowest BCUT2D eigenvalue weighted by atomic mass is 9.89. The largest absolute Gasteiger partial charge is 0.369 e. The fourth-order valence-corrected chi connectivity index (χ4v) is 5.25. The van der Waals surface area contributed by atoms with Gasteiger partial charge in [0, 0.05) is 22.1 Å². The third kappa shape index (κ3) is 2.57. The molecule has 6 aromatic rings. The van der Waals surface area contributed by atoms with Crippen molar-refractivity contribution in [1.82, 2.24) is 9.55 Å². The van der Waals surface area contributed by atoms with Gasteiger partial charge in [-0.25, -0.2) is 4.98 Å². The van der Waals surface area contributed by atoms with Crippen molar-refractivity contribution in [3.8, 4) is 33.6 Å². The third-order valence-corrected chi connectivity index (χ3v) is 6.73. The zero-order valence-electron chi connectivity index (χ0n) is 17.8. The average Bonchev–Trinajstić information content (AvgIpc) is 3.28. The molecule has 0 radical (unpaired) electrons. The highest BCUT2D eigenvalue weighted by Gasteiger charge is 2.29. The van der Waals surface area contributed by atoms with Crippen LogP contribution in [0.2, 0.25) is 0 Å². The minimum absolute atomic E-state index is 0.793. The maximum Gasteiger partial charge on any atom is 0.159 e. The first-order valence-corrected chi connectivity index (χ1v) is 11.2. The smallest absolute Gasteiger partial charge is 0.159 e. The Balaban J connectivity index is 1.55. The van der Waals surface area contributed by atoms with Gasteiger partial charge in [-0.05, 0) is 34.2 Å². The molecule has 1 atom stereocenters. The van der Waals surface area contributed by atoms with Gasteiger partial charge in [-0.1, -0.05) is 97.1 Å². The number of hydrogen-bond donors (Lipinski definition) is 1. The molecule has 0 saturated carbocycles. The molecule has 0 saturated heterocycles. The lowest BCUT2D eigenvalue weighted by molar-refractivity contribution is 0.152. The van der Waals surface area contributed by atoms with Gasteiger partial charge in [-0.15, -0.1) is 0 Å². The molecule has 1 unspecified atom stereocenters. The van der Waals surface area contributed by atoms with Gasteiger partial charge in [0.1, 0.15) is 5.82 Å². The molecule has 3 heteroatoms. The predicted molar refractivity (Wildman–Crippen MR) is 134 cm³/mol. The van der Waals surface area contributed by atoms with Crippen LogP contribution in [0.3, 0.4) is 0 Å². The number of fused-ring (bicyclic) bond motifs is 4. The van der Waals surface area contributed by atoms with Crippen LogP contribution < -0.4 is 0 Å². The molecule has 7 rings (SSSR count). The van der Waals surface area contributed by atoms with E-state index in [-0.39, 0.29) is 0 Å². The van der Waals surface area contributed by atoms with Crippen LogP contribution in [0.4, 0.5) is 0 Å². The van der Waals surface area contributed by atoms with Crippen LogP contribution in [0.5, 0.6) is 0 Å². The van der Waals surface area contributed by atoms with Gasteiger partial charge in [-0.3, -0.25) is 4.57 Å². The van der Waals surface area contributed by atoms with Crippen LogP contribution in [-0.4, -0.2) is 14.7 Å². The van der Waals surface area contributed by atoms with Crippen LogP contribution in [-0.2, 0) is 0 Å². The molecule has 33 heavy (non-hydrogen) atoms. The van der Waals surface area contributed by atoms with E-state index >= 15 is 0 Å². The van der Waals surface area contributed by atoms with Crippen LogP contribution in [0.1, 0.15) is 11.8 Å². The Labute approximate surface area is 191 Å². The van der Waals surface area contributed by atoms with Crippen LogP contribution in [0.25, 0.3) is 55.4 Å². The summed E-state index contributed by atoms with van der Waals surface area (Å²) in [5.74, 6) is 0.809. The zero-order chi connectivity index (χ0) is 21.9. The number of aliphatic hydroxyl groups excluding tert-OH is 1. The number of imidazole rings is 1. The summed E-state index contributed by atoms with van der Waals surface area (Å²) in [4.78, 5) is 5.11. The molecular formula is C30H20N2O. The van der Waals surface area contributed by atoms with E-state index in [0.29, 0.717) is 0 Å². The van der Waals surface area contributed by atoms with Gasteiger partial charge < -0.3 is 5.11 Å². The summed E-state index contributed by atoms with van der Waals surface area (Å²) in [6.07, 6.45) is -0.793. The summed E-state index contributed by atoms with van der Waals surface area (Å²) < 4.78 is 1.97. The number of rotatable bonds is 2. The summed E-state index contributed by atoms with van der Waals surface area (Å²) in [7, 11) is 0. The average molecular weight is 425 g/mol. The molecule has 2 heterocycles. The molecule has 3 nitrogen and oxygen atoms in total. The first-order valence-electron chi connectivity index (χ1n) is 11.2. The number of para-hydroxylation sites is 1. The van der Waals surface area contributed by atoms with E-state index in [1.165, 1.54) is 5.56 Å². The second-order valence-electron chi connectivity index (χ2n) is 8.51. The van der Waals surface area contributed by atoms with Crippen molar-refractivity contribution in [2.24, 2.45) is 0 Å². The summed E-state index contributed by atoms with van der Waals surface area (Å²) in [6.45, 7) is 0. The van der Waals surface area contributed by atoms with Gasteiger partial charge >= 0.3 is 0 Å². The Hall–Kier alpha value is -4.21. The first kappa shape index (κ1) is 18.4. The molecule has 5 aromatic carbocycles. The van der Waals surface area contributed by atoms with Crippen molar-refractivity contribution in [3.05, 3.63) is 115 Å². The molecule has 1 N–H and O–H groups in total. The Morgan fingerprint density at radius 2 is 1.27 bits per heavy atom. The number of nitrogens with zero attached hydrogens (tertiary/aromatic N) is 2. The number of aliphatic hydroxyl groups is 1. The molecule has 0 spiro atoms. The standard InChI is InChI=1S/C30H20N2O/c33-30-25-15-7-14-23-21(19-9-3-1-4-10-19)17-18-24(27(23)25)29-31-28-22(20-11-5-2-6-12-20)13-8-16-26(28)32(29)30/h1-18,30,33H. The van der Waals surface area contributed by atoms with Gasteiger partial charge in [0.25, 0.3) is 0 Å². The third-order valence-electron chi connectivity index (χ3n) is 6.73. The number of hydrogen-bond acceptors (Lipinski definition) is 2. The van der Waals surface area contributed by atoms with Gasteiger partial charge in [0.15, 0.2) is 6.23 Å². The lowest BCUT2D eigenvalue weighted by Gasteiger charge is -2.26. The van der Waals surface area contributed by atoms with Gasteiger partial charge in [0.05, 0.1) is 11.0 Å². The minimum Gasteiger partial charge on any atom is -0.369 e. The number of benzene rings is 5.